The van der Waals surface area contributed by atoms with Crippen LogP contribution >= 0.6 is 0 Å². The standard InChI is InChI=1S/C10H12FNO/c11-8-4-2-1-3-5-10(6-7-10)12-9-13/h1-5,8-9H,6-7H2,(H,12,13)/b2-1-,5-3+,8-4+. The van der Waals surface area contributed by atoms with Crippen LogP contribution in [-0.2, 0) is 4.79 Å². The molecule has 1 N–H and O–H groups in total. The van der Waals surface area contributed by atoms with Gasteiger partial charge in [0.25, 0.3) is 0 Å². The zero-order valence-corrected chi connectivity index (χ0v) is 7.24. The number of allylic oxidation sites excluding steroid dienone is 4. The van der Waals surface area contributed by atoms with Crippen molar-refractivity contribution in [2.75, 3.05) is 0 Å². The normalized spacial score (nSPS) is 20.1. The molecule has 70 valence electrons. The fourth-order valence-corrected chi connectivity index (χ4v) is 1.02. The van der Waals surface area contributed by atoms with Crippen LogP contribution in [0.3, 0.4) is 0 Å². The molecule has 0 aromatic rings. The molecule has 1 fully saturated rings. The van der Waals surface area contributed by atoms with Gasteiger partial charge in [0.2, 0.25) is 6.41 Å². The summed E-state index contributed by atoms with van der Waals surface area (Å²) in [7, 11) is 0. The third kappa shape index (κ3) is 3.23. The van der Waals surface area contributed by atoms with Crippen LogP contribution in [0.2, 0.25) is 0 Å². The zero-order valence-electron chi connectivity index (χ0n) is 7.24. The second-order valence-electron chi connectivity index (χ2n) is 2.98. The van der Waals surface area contributed by atoms with Gasteiger partial charge in [-0.25, -0.2) is 4.39 Å². The Bertz CT molecular complexity index is 252. The van der Waals surface area contributed by atoms with Crippen molar-refractivity contribution in [3.63, 3.8) is 0 Å². The van der Waals surface area contributed by atoms with Gasteiger partial charge < -0.3 is 5.32 Å². The molecule has 0 aromatic heterocycles. The lowest BCUT2D eigenvalue weighted by molar-refractivity contribution is -0.110. The molecule has 0 radical (unpaired) electrons. The summed E-state index contributed by atoms with van der Waals surface area (Å²) in [5, 5.41) is 2.73. The molecular formula is C10H12FNO. The van der Waals surface area contributed by atoms with Gasteiger partial charge in [0.15, 0.2) is 0 Å². The van der Waals surface area contributed by atoms with Gasteiger partial charge in [0.1, 0.15) is 0 Å². The predicted molar refractivity (Wildman–Crippen MR) is 49.7 cm³/mol. The van der Waals surface area contributed by atoms with Gasteiger partial charge in [-0.3, -0.25) is 4.79 Å². The summed E-state index contributed by atoms with van der Waals surface area (Å²) in [6.07, 6.45) is 11.5. The van der Waals surface area contributed by atoms with E-state index in [0.717, 1.165) is 12.8 Å². The molecule has 2 nitrogen and oxygen atoms in total. The summed E-state index contributed by atoms with van der Waals surface area (Å²) in [6.45, 7) is 0. The van der Waals surface area contributed by atoms with Crippen molar-refractivity contribution in [3.05, 3.63) is 36.7 Å². The lowest BCUT2D eigenvalue weighted by atomic mass is 10.2. The van der Waals surface area contributed by atoms with E-state index in [0.29, 0.717) is 12.7 Å². The minimum atomic E-state index is -0.120. The van der Waals surface area contributed by atoms with E-state index in [1.54, 1.807) is 12.2 Å². The highest BCUT2D eigenvalue weighted by Gasteiger charge is 2.39. The van der Waals surface area contributed by atoms with Crippen molar-refractivity contribution >= 4 is 6.41 Å². The van der Waals surface area contributed by atoms with Crippen LogP contribution < -0.4 is 5.32 Å². The molecule has 0 saturated heterocycles. The molecule has 1 saturated carbocycles. The molecule has 1 rings (SSSR count). The highest BCUT2D eigenvalue weighted by Crippen LogP contribution is 2.36. The maximum absolute atomic E-state index is 11.5. The number of carbonyl (C=O) groups is 1. The van der Waals surface area contributed by atoms with Crippen LogP contribution in [0.4, 0.5) is 4.39 Å². The maximum Gasteiger partial charge on any atom is 0.207 e. The molecule has 0 aromatic carbocycles. The van der Waals surface area contributed by atoms with Crippen molar-refractivity contribution in [1.82, 2.24) is 5.32 Å². The zero-order chi connectivity index (χ0) is 9.57. The Morgan fingerprint density at radius 3 is 2.38 bits per heavy atom. The Balaban J connectivity index is 2.34. The molecule has 3 heteroatoms. The number of carbonyl (C=O) groups excluding carboxylic acids is 1. The molecule has 0 bridgehead atoms. The molecule has 1 amide bonds. The summed E-state index contributed by atoms with van der Waals surface area (Å²) < 4.78 is 11.5. The monoisotopic (exact) mass is 181 g/mol. The lowest BCUT2D eigenvalue weighted by Gasteiger charge is -2.05. The molecule has 0 aliphatic heterocycles. The third-order valence-electron chi connectivity index (χ3n) is 1.96. The number of amides is 1. The van der Waals surface area contributed by atoms with Crippen LogP contribution in [0.15, 0.2) is 36.7 Å². The summed E-state index contributed by atoms with van der Waals surface area (Å²) in [5.74, 6) is 0. The maximum atomic E-state index is 11.5. The average Bonchev–Trinajstić information content (AvgIpc) is 2.86. The van der Waals surface area contributed by atoms with E-state index in [9.17, 15) is 9.18 Å². The van der Waals surface area contributed by atoms with Gasteiger partial charge in [-0.15, -0.1) is 0 Å². The molecule has 0 spiro atoms. The van der Waals surface area contributed by atoms with E-state index >= 15 is 0 Å². The number of rotatable bonds is 5. The minimum Gasteiger partial charge on any atom is -0.350 e. The minimum absolute atomic E-state index is 0.120. The third-order valence-corrected chi connectivity index (χ3v) is 1.96. The molecule has 0 heterocycles. The molecule has 1 aliphatic rings. The van der Waals surface area contributed by atoms with Gasteiger partial charge in [-0.2, -0.15) is 0 Å². The second kappa shape index (κ2) is 4.60. The van der Waals surface area contributed by atoms with E-state index in [1.165, 1.54) is 6.08 Å². The van der Waals surface area contributed by atoms with E-state index in [4.69, 9.17) is 0 Å². The van der Waals surface area contributed by atoms with Crippen molar-refractivity contribution in [1.29, 1.82) is 0 Å². The summed E-state index contributed by atoms with van der Waals surface area (Å²) in [6, 6.07) is 0. The molecule has 1 aliphatic carbocycles. The number of halogens is 1. The Morgan fingerprint density at radius 1 is 1.15 bits per heavy atom. The fraction of sp³-hybridized carbons (Fsp3) is 0.300. The Morgan fingerprint density at radius 2 is 1.85 bits per heavy atom. The molecule has 0 atom stereocenters. The van der Waals surface area contributed by atoms with Crippen molar-refractivity contribution < 1.29 is 9.18 Å². The van der Waals surface area contributed by atoms with Gasteiger partial charge in [0, 0.05) is 0 Å². The first-order chi connectivity index (χ1) is 6.33. The topological polar surface area (TPSA) is 29.1 Å². The van der Waals surface area contributed by atoms with Crippen molar-refractivity contribution in [3.8, 4) is 0 Å². The first kappa shape index (κ1) is 9.71. The van der Waals surface area contributed by atoms with Crippen LogP contribution in [0.5, 0.6) is 0 Å². The highest BCUT2D eigenvalue weighted by molar-refractivity contribution is 5.51. The molecule has 13 heavy (non-hydrogen) atoms. The Hall–Kier alpha value is -1.38. The van der Waals surface area contributed by atoms with Crippen molar-refractivity contribution in [2.24, 2.45) is 0 Å². The predicted octanol–water partition coefficient (Wildman–Crippen LogP) is 1.86. The number of hydrogen-bond acceptors (Lipinski definition) is 1. The molecular weight excluding hydrogens is 169 g/mol. The van der Waals surface area contributed by atoms with Crippen LogP contribution in [0.1, 0.15) is 12.8 Å². The average molecular weight is 181 g/mol. The first-order valence-electron chi connectivity index (χ1n) is 4.16. The first-order valence-corrected chi connectivity index (χ1v) is 4.16. The number of hydrogen-bond donors (Lipinski definition) is 1. The van der Waals surface area contributed by atoms with Crippen LogP contribution in [0.25, 0.3) is 0 Å². The largest absolute Gasteiger partial charge is 0.350 e. The lowest BCUT2D eigenvalue weighted by Crippen LogP contribution is -2.27. The second-order valence-corrected chi connectivity index (χ2v) is 2.98. The highest BCUT2D eigenvalue weighted by atomic mass is 19.1. The van der Waals surface area contributed by atoms with Crippen molar-refractivity contribution in [2.45, 2.75) is 18.4 Å². The summed E-state index contributed by atoms with van der Waals surface area (Å²) in [5.41, 5.74) is -0.120. The quantitative estimate of drug-likeness (QED) is 0.509. The van der Waals surface area contributed by atoms with E-state index < -0.39 is 0 Å². The molecule has 0 unspecified atom stereocenters. The smallest absolute Gasteiger partial charge is 0.207 e. The van der Waals surface area contributed by atoms with Gasteiger partial charge in [-0.05, 0) is 18.9 Å². The van der Waals surface area contributed by atoms with Gasteiger partial charge in [-0.1, -0.05) is 24.3 Å². The fourth-order valence-electron chi connectivity index (χ4n) is 1.02. The van der Waals surface area contributed by atoms with Crippen LogP contribution in [-0.4, -0.2) is 11.9 Å². The van der Waals surface area contributed by atoms with E-state index in [2.05, 4.69) is 5.32 Å². The van der Waals surface area contributed by atoms with Gasteiger partial charge >= 0.3 is 0 Å². The van der Waals surface area contributed by atoms with Gasteiger partial charge in [0.05, 0.1) is 11.9 Å². The number of nitrogens with one attached hydrogen (secondary N) is 1. The van der Waals surface area contributed by atoms with E-state index in [-0.39, 0.29) is 5.54 Å². The Labute approximate surface area is 76.8 Å². The SMILES string of the molecule is O=CNC1(/C=C/C=C\C=C\F)CC1. The summed E-state index contributed by atoms with van der Waals surface area (Å²) in [4.78, 5) is 10.2. The van der Waals surface area contributed by atoms with E-state index in [1.807, 2.05) is 12.2 Å². The Kier molecular flexibility index (Phi) is 3.43. The summed E-state index contributed by atoms with van der Waals surface area (Å²) >= 11 is 0. The van der Waals surface area contributed by atoms with Crippen LogP contribution in [0, 0.1) is 0 Å².